The van der Waals surface area contributed by atoms with Crippen molar-refractivity contribution in [1.29, 1.82) is 0 Å². The molecule has 0 saturated carbocycles. The predicted octanol–water partition coefficient (Wildman–Crippen LogP) is -1.99. The molecule has 2 rings (SSSR count). The molecule has 4 atom stereocenters. The molecule has 1 fully saturated rings. The van der Waals surface area contributed by atoms with E-state index in [0.717, 1.165) is 6.20 Å². The van der Waals surface area contributed by atoms with Gasteiger partial charge < -0.3 is 20.1 Å². The van der Waals surface area contributed by atoms with Crippen LogP contribution in [-0.4, -0.2) is 49.5 Å². The van der Waals surface area contributed by atoms with Gasteiger partial charge in [0.15, 0.2) is 6.23 Å². The van der Waals surface area contributed by atoms with Crippen LogP contribution in [0.2, 0.25) is 0 Å². The van der Waals surface area contributed by atoms with Crippen molar-refractivity contribution in [3.05, 3.63) is 32.6 Å². The largest absolute Gasteiger partial charge is 0.394 e. The maximum Gasteiger partial charge on any atom is 0.330 e. The molecule has 0 aromatic carbocycles. The lowest BCUT2D eigenvalue weighted by molar-refractivity contribution is -0.197. The molecule has 1 aliphatic rings. The van der Waals surface area contributed by atoms with Gasteiger partial charge in [0.1, 0.15) is 12.2 Å². The monoisotopic (exact) mass is 289 g/mol. The van der Waals surface area contributed by atoms with E-state index in [9.17, 15) is 24.2 Å². The number of hydrogen-bond acceptors (Lipinski definition) is 6. The highest BCUT2D eigenvalue weighted by Gasteiger charge is 2.57. The Hall–Kier alpha value is -1.55. The van der Waals surface area contributed by atoms with Crippen LogP contribution < -0.4 is 11.2 Å². The maximum absolute atomic E-state index is 14.1. The van der Waals surface area contributed by atoms with Crippen molar-refractivity contribution in [2.75, 3.05) is 6.61 Å². The molecule has 1 aliphatic heterocycles. The molecule has 0 radical (unpaired) electrons. The zero-order chi connectivity index (χ0) is 15.1. The first kappa shape index (κ1) is 14.9. The number of H-pyrrole nitrogens is 1. The van der Waals surface area contributed by atoms with Gasteiger partial charge in [-0.2, -0.15) is 0 Å². The van der Waals surface area contributed by atoms with Gasteiger partial charge in [-0.25, -0.2) is 9.18 Å². The van der Waals surface area contributed by atoms with Crippen LogP contribution in [0.4, 0.5) is 4.39 Å². The number of aromatic amines is 1. The Balaban J connectivity index is 2.52. The summed E-state index contributed by atoms with van der Waals surface area (Å²) in [5.41, 5.74) is -1.42. The van der Waals surface area contributed by atoms with Crippen molar-refractivity contribution in [1.82, 2.24) is 9.55 Å². The Bertz CT molecular complexity index is 610. The lowest BCUT2D eigenvalue weighted by atomic mass is 10.1. The smallest absolute Gasteiger partial charge is 0.330 e. The highest BCUT2D eigenvalue weighted by molar-refractivity contribution is 5.06. The first-order valence-corrected chi connectivity index (χ1v) is 6.02. The minimum atomic E-state index is -3.26. The fourth-order valence-corrected chi connectivity index (χ4v) is 2.10. The second kappa shape index (κ2) is 5.09. The van der Waals surface area contributed by atoms with Crippen LogP contribution >= 0.6 is 0 Å². The van der Waals surface area contributed by atoms with E-state index >= 15 is 0 Å². The maximum atomic E-state index is 14.1. The van der Waals surface area contributed by atoms with Gasteiger partial charge in [-0.3, -0.25) is 14.3 Å². The third-order valence-electron chi connectivity index (χ3n) is 3.27. The van der Waals surface area contributed by atoms with Crippen molar-refractivity contribution >= 4 is 0 Å². The molecule has 20 heavy (non-hydrogen) atoms. The molecule has 1 saturated heterocycles. The number of rotatable bonds is 3. The summed E-state index contributed by atoms with van der Waals surface area (Å²) >= 11 is 0. The fraction of sp³-hybridized carbons (Fsp3) is 0.636. The number of aliphatic hydroxyl groups is 3. The van der Waals surface area contributed by atoms with Crippen molar-refractivity contribution < 1.29 is 24.4 Å². The molecular formula is C11H15FN2O6. The number of hydrogen-bond donors (Lipinski definition) is 4. The van der Waals surface area contributed by atoms with Crippen LogP contribution in [0.15, 0.2) is 15.8 Å². The van der Waals surface area contributed by atoms with Crippen molar-refractivity contribution in [3.63, 3.8) is 0 Å². The highest BCUT2D eigenvalue weighted by atomic mass is 18.2. The number of halogens is 1. The van der Waals surface area contributed by atoms with E-state index in [-0.39, 0.29) is 12.0 Å². The van der Waals surface area contributed by atoms with E-state index in [2.05, 4.69) is 0 Å². The number of aryl methyl sites for hydroxylation is 1. The lowest BCUT2D eigenvalue weighted by Crippen LogP contribution is -2.46. The van der Waals surface area contributed by atoms with E-state index in [1.165, 1.54) is 0 Å². The minimum absolute atomic E-state index is 0.186. The van der Waals surface area contributed by atoms with Crippen LogP contribution in [0, 0.1) is 0 Å². The SMILES string of the molecule is CCc1cn([C@@H]2O[C@H](CO)[C@H](O)[C@]2(O)[18F])c(=O)[nH]c1=O. The minimum Gasteiger partial charge on any atom is -0.394 e. The second-order valence-corrected chi connectivity index (χ2v) is 4.56. The summed E-state index contributed by atoms with van der Waals surface area (Å²) in [5.74, 6) is -3.26. The van der Waals surface area contributed by atoms with Gasteiger partial charge in [-0.15, -0.1) is 0 Å². The Kier molecular flexibility index (Phi) is 3.78. The van der Waals surface area contributed by atoms with Crippen molar-refractivity contribution in [3.8, 4) is 0 Å². The topological polar surface area (TPSA) is 125 Å². The second-order valence-electron chi connectivity index (χ2n) is 4.56. The summed E-state index contributed by atoms with van der Waals surface area (Å²) in [4.78, 5) is 25.1. The van der Waals surface area contributed by atoms with Crippen LogP contribution in [0.5, 0.6) is 0 Å². The predicted molar refractivity (Wildman–Crippen MR) is 63.8 cm³/mol. The molecule has 0 amide bonds. The molecule has 8 nitrogen and oxygen atoms in total. The van der Waals surface area contributed by atoms with Gasteiger partial charge in [0.05, 0.1) is 6.61 Å². The Labute approximate surface area is 112 Å². The van der Waals surface area contributed by atoms with E-state index in [4.69, 9.17) is 9.84 Å². The van der Waals surface area contributed by atoms with Crippen LogP contribution in [0.25, 0.3) is 0 Å². The third kappa shape index (κ3) is 2.18. The Morgan fingerprint density at radius 3 is 2.70 bits per heavy atom. The van der Waals surface area contributed by atoms with E-state index in [0.29, 0.717) is 4.57 Å². The summed E-state index contributed by atoms with van der Waals surface area (Å²) in [5, 5.41) is 28.1. The Morgan fingerprint density at radius 1 is 1.55 bits per heavy atom. The average Bonchev–Trinajstić information content (AvgIpc) is 2.62. The molecule has 0 unspecified atom stereocenters. The van der Waals surface area contributed by atoms with Gasteiger partial charge in [-0.05, 0) is 6.42 Å². The number of aliphatic hydroxyl groups excluding tert-OH is 2. The van der Waals surface area contributed by atoms with Crippen LogP contribution in [-0.2, 0) is 11.2 Å². The van der Waals surface area contributed by atoms with E-state index < -0.39 is 42.1 Å². The van der Waals surface area contributed by atoms with Crippen molar-refractivity contribution in [2.24, 2.45) is 0 Å². The number of nitrogens with zero attached hydrogens (tertiary/aromatic N) is 1. The number of ether oxygens (including phenoxy) is 1. The zero-order valence-corrected chi connectivity index (χ0v) is 10.6. The highest BCUT2D eigenvalue weighted by Crippen LogP contribution is 2.38. The average molecular weight is 289 g/mol. The summed E-state index contributed by atoms with van der Waals surface area (Å²) < 4.78 is 19.7. The van der Waals surface area contributed by atoms with Gasteiger partial charge >= 0.3 is 5.69 Å². The first-order chi connectivity index (χ1) is 9.32. The molecule has 0 aliphatic carbocycles. The zero-order valence-electron chi connectivity index (χ0n) is 10.6. The quantitative estimate of drug-likeness (QED) is 0.510. The van der Waals surface area contributed by atoms with Crippen LogP contribution in [0.1, 0.15) is 18.7 Å². The number of aromatic nitrogens is 2. The fourth-order valence-electron chi connectivity index (χ4n) is 2.10. The normalized spacial score (nSPS) is 33.5. The molecule has 0 spiro atoms. The summed E-state index contributed by atoms with van der Waals surface area (Å²) in [7, 11) is 0. The molecule has 1 aromatic rings. The molecule has 4 N–H and O–H groups in total. The summed E-state index contributed by atoms with van der Waals surface area (Å²) in [6.07, 6.45) is -3.91. The molecule has 1 aromatic heterocycles. The van der Waals surface area contributed by atoms with Gasteiger partial charge in [0.25, 0.3) is 11.4 Å². The molecule has 2 heterocycles. The summed E-state index contributed by atoms with van der Waals surface area (Å²) in [6.45, 7) is 0.921. The standard InChI is InChI=1S/C11H15FN2O6/c1-2-5-3-14(10(18)13-8(5)17)9-11(12,19)7(16)6(4-15)20-9/h3,6-7,9,15-16,19H,2,4H2,1H3,(H,13,17,18)/t6-,7+,9-,11-/m1/s1/i12-1. The molecule has 9 heteroatoms. The molecule has 0 bridgehead atoms. The van der Waals surface area contributed by atoms with Gasteiger partial charge in [0.2, 0.25) is 0 Å². The third-order valence-corrected chi connectivity index (χ3v) is 3.27. The van der Waals surface area contributed by atoms with Gasteiger partial charge in [-0.1, -0.05) is 6.92 Å². The molecule has 112 valence electrons. The van der Waals surface area contributed by atoms with E-state index in [1.54, 1.807) is 6.92 Å². The molecular weight excluding hydrogens is 274 g/mol. The number of alkyl halides is 1. The first-order valence-electron chi connectivity index (χ1n) is 6.02. The summed E-state index contributed by atoms with van der Waals surface area (Å²) in [6, 6.07) is 0. The van der Waals surface area contributed by atoms with Crippen LogP contribution in [0.3, 0.4) is 0 Å². The van der Waals surface area contributed by atoms with Crippen molar-refractivity contribution in [2.45, 2.75) is 37.6 Å². The lowest BCUT2D eigenvalue weighted by Gasteiger charge is -2.23. The van der Waals surface area contributed by atoms with E-state index in [1.807, 2.05) is 4.98 Å². The Morgan fingerprint density at radius 2 is 2.20 bits per heavy atom. The van der Waals surface area contributed by atoms with Gasteiger partial charge in [0, 0.05) is 11.8 Å². The number of nitrogens with one attached hydrogen (secondary N) is 1.